The molecule has 0 aliphatic carbocycles. The van der Waals surface area contributed by atoms with E-state index in [9.17, 15) is 8.42 Å². The first-order valence-corrected chi connectivity index (χ1v) is 8.85. The van der Waals surface area contributed by atoms with Crippen molar-refractivity contribution in [1.82, 2.24) is 14.8 Å². The van der Waals surface area contributed by atoms with Gasteiger partial charge >= 0.3 is 0 Å². The van der Waals surface area contributed by atoms with Gasteiger partial charge in [0.2, 0.25) is 0 Å². The summed E-state index contributed by atoms with van der Waals surface area (Å²) in [6, 6.07) is 3.49. The highest BCUT2D eigenvalue weighted by Gasteiger charge is 2.25. The zero-order valence-electron chi connectivity index (χ0n) is 11.8. The number of nitrogens with one attached hydrogen (secondary N) is 1. The van der Waals surface area contributed by atoms with E-state index in [0.29, 0.717) is 5.82 Å². The van der Waals surface area contributed by atoms with Crippen LogP contribution in [0.15, 0.2) is 27.7 Å². The summed E-state index contributed by atoms with van der Waals surface area (Å²) >= 11 is 3.29. The van der Waals surface area contributed by atoms with Crippen LogP contribution >= 0.6 is 15.9 Å². The molecule has 0 radical (unpaired) electrons. The van der Waals surface area contributed by atoms with Crippen molar-refractivity contribution in [2.75, 3.05) is 17.3 Å². The summed E-state index contributed by atoms with van der Waals surface area (Å²) in [5, 5.41) is 7.23. The lowest BCUT2D eigenvalue weighted by molar-refractivity contribution is 0.602. The number of aromatic nitrogens is 3. The molecule has 21 heavy (non-hydrogen) atoms. The van der Waals surface area contributed by atoms with Gasteiger partial charge in [-0.1, -0.05) is 0 Å². The van der Waals surface area contributed by atoms with Crippen molar-refractivity contribution in [3.8, 4) is 5.82 Å². The molecule has 0 bridgehead atoms. The first kappa shape index (κ1) is 15.8. The first-order chi connectivity index (χ1) is 9.70. The van der Waals surface area contributed by atoms with Gasteiger partial charge in [0.15, 0.2) is 26.4 Å². The highest BCUT2D eigenvalue weighted by molar-refractivity contribution is 9.10. The van der Waals surface area contributed by atoms with E-state index in [2.05, 4.69) is 31.3 Å². The molecule has 3 N–H and O–H groups in total. The predicted molar refractivity (Wildman–Crippen MR) is 85.3 cm³/mol. The lowest BCUT2D eigenvalue weighted by Gasteiger charge is -2.07. The second kappa shape index (κ2) is 5.64. The fourth-order valence-corrected chi connectivity index (χ4v) is 2.97. The Morgan fingerprint density at radius 3 is 2.52 bits per heavy atom. The normalized spacial score (nSPS) is 11.9. The quantitative estimate of drug-likeness (QED) is 0.847. The summed E-state index contributed by atoms with van der Waals surface area (Å²) in [7, 11) is -3.51. The average molecular weight is 374 g/mol. The van der Waals surface area contributed by atoms with Gasteiger partial charge in [-0.3, -0.25) is 0 Å². The molecule has 9 heteroatoms. The van der Waals surface area contributed by atoms with E-state index in [-0.39, 0.29) is 22.6 Å². The van der Waals surface area contributed by atoms with Crippen LogP contribution in [-0.4, -0.2) is 35.5 Å². The molecule has 0 saturated carbocycles. The minimum atomic E-state index is -3.51. The number of nitrogen functional groups attached to an aromatic ring is 1. The predicted octanol–water partition coefficient (Wildman–Crippen LogP) is 1.84. The Morgan fingerprint density at radius 1 is 1.38 bits per heavy atom. The molecule has 0 atom stereocenters. The number of anilines is 2. The second-order valence-electron chi connectivity index (χ2n) is 4.88. The molecule has 0 fully saturated rings. The van der Waals surface area contributed by atoms with Crippen LogP contribution < -0.4 is 11.1 Å². The average Bonchev–Trinajstić information content (AvgIpc) is 2.66. The van der Waals surface area contributed by atoms with Crippen molar-refractivity contribution in [3.63, 3.8) is 0 Å². The van der Waals surface area contributed by atoms with Crippen LogP contribution in [0.3, 0.4) is 0 Å². The SMILES string of the molecule is CC(C)Nc1nn(-c2ccc(Br)cn2)c(N)c1S(C)(=O)=O. The van der Waals surface area contributed by atoms with Crippen LogP contribution in [0.1, 0.15) is 13.8 Å². The Morgan fingerprint density at radius 2 is 2.05 bits per heavy atom. The molecule has 2 rings (SSSR count). The number of hydrogen-bond donors (Lipinski definition) is 2. The molecule has 2 aromatic heterocycles. The van der Waals surface area contributed by atoms with Crippen LogP contribution in [0.4, 0.5) is 11.6 Å². The molecule has 0 spiro atoms. The number of hydrogen-bond acceptors (Lipinski definition) is 6. The van der Waals surface area contributed by atoms with Crippen molar-refractivity contribution in [3.05, 3.63) is 22.8 Å². The van der Waals surface area contributed by atoms with Gasteiger partial charge in [0.25, 0.3) is 0 Å². The molecule has 7 nitrogen and oxygen atoms in total. The summed E-state index contributed by atoms with van der Waals surface area (Å²) in [4.78, 5) is 4.16. The Kier molecular flexibility index (Phi) is 4.24. The van der Waals surface area contributed by atoms with Gasteiger partial charge in [0.1, 0.15) is 5.82 Å². The van der Waals surface area contributed by atoms with Gasteiger partial charge in [-0.05, 0) is 41.9 Å². The summed E-state index contributed by atoms with van der Waals surface area (Å²) in [5.74, 6) is 0.711. The lowest BCUT2D eigenvalue weighted by atomic mass is 10.4. The lowest BCUT2D eigenvalue weighted by Crippen LogP contribution is -2.13. The maximum atomic E-state index is 12.0. The summed E-state index contributed by atoms with van der Waals surface area (Å²) in [6.07, 6.45) is 2.69. The Hall–Kier alpha value is -1.61. The standard InChI is InChI=1S/C12H16BrN5O2S/c1-7(2)16-12-10(21(3,19)20)11(14)18(17-12)9-5-4-8(13)6-15-9/h4-7H,14H2,1-3H3,(H,16,17). The molecule has 0 aliphatic heterocycles. The van der Waals surface area contributed by atoms with Crippen LogP contribution in [0.5, 0.6) is 0 Å². The van der Waals surface area contributed by atoms with E-state index in [4.69, 9.17) is 5.73 Å². The van der Waals surface area contributed by atoms with Crippen molar-refractivity contribution >= 4 is 37.4 Å². The van der Waals surface area contributed by atoms with Crippen LogP contribution in [0, 0.1) is 0 Å². The van der Waals surface area contributed by atoms with E-state index in [1.54, 1.807) is 18.3 Å². The van der Waals surface area contributed by atoms with Crippen molar-refractivity contribution in [2.24, 2.45) is 0 Å². The third-order valence-electron chi connectivity index (χ3n) is 2.60. The van der Waals surface area contributed by atoms with Gasteiger partial charge in [-0.2, -0.15) is 4.68 Å². The van der Waals surface area contributed by atoms with Gasteiger partial charge in [-0.15, -0.1) is 5.10 Å². The Labute approximate surface area is 131 Å². The summed E-state index contributed by atoms with van der Waals surface area (Å²) in [5.41, 5.74) is 5.97. The Bertz CT molecular complexity index is 753. The number of sulfone groups is 1. The molecule has 0 unspecified atom stereocenters. The number of rotatable bonds is 4. The van der Waals surface area contributed by atoms with Gasteiger partial charge in [0, 0.05) is 23.0 Å². The van der Waals surface area contributed by atoms with Crippen molar-refractivity contribution in [2.45, 2.75) is 24.8 Å². The zero-order chi connectivity index (χ0) is 15.8. The molecule has 114 valence electrons. The summed E-state index contributed by atoms with van der Waals surface area (Å²) in [6.45, 7) is 3.78. The number of halogens is 1. The minimum absolute atomic E-state index is 0.0130. The number of nitrogens with two attached hydrogens (primary N) is 1. The fourth-order valence-electron chi connectivity index (χ4n) is 1.82. The highest BCUT2D eigenvalue weighted by atomic mass is 79.9. The van der Waals surface area contributed by atoms with E-state index < -0.39 is 9.84 Å². The Balaban J connectivity index is 2.64. The molecule has 0 aliphatic rings. The van der Waals surface area contributed by atoms with Gasteiger partial charge in [0.05, 0.1) is 0 Å². The van der Waals surface area contributed by atoms with E-state index in [0.717, 1.165) is 10.7 Å². The van der Waals surface area contributed by atoms with Crippen LogP contribution in [0.2, 0.25) is 0 Å². The van der Waals surface area contributed by atoms with E-state index in [1.165, 1.54) is 4.68 Å². The summed E-state index contributed by atoms with van der Waals surface area (Å²) < 4.78 is 26.0. The largest absolute Gasteiger partial charge is 0.382 e. The smallest absolute Gasteiger partial charge is 0.182 e. The third-order valence-corrected chi connectivity index (χ3v) is 4.21. The highest BCUT2D eigenvalue weighted by Crippen LogP contribution is 2.29. The maximum Gasteiger partial charge on any atom is 0.182 e. The molecule has 0 amide bonds. The second-order valence-corrected chi connectivity index (χ2v) is 7.75. The number of nitrogens with zero attached hydrogens (tertiary/aromatic N) is 3. The van der Waals surface area contributed by atoms with Gasteiger partial charge in [-0.25, -0.2) is 13.4 Å². The van der Waals surface area contributed by atoms with Crippen LogP contribution in [-0.2, 0) is 9.84 Å². The fraction of sp³-hybridized carbons (Fsp3) is 0.333. The van der Waals surface area contributed by atoms with E-state index >= 15 is 0 Å². The molecular formula is C12H16BrN5O2S. The maximum absolute atomic E-state index is 12.0. The minimum Gasteiger partial charge on any atom is -0.382 e. The van der Waals surface area contributed by atoms with Crippen LogP contribution in [0.25, 0.3) is 5.82 Å². The van der Waals surface area contributed by atoms with E-state index in [1.807, 2.05) is 13.8 Å². The monoisotopic (exact) mass is 373 g/mol. The molecule has 2 aromatic rings. The zero-order valence-corrected chi connectivity index (χ0v) is 14.2. The van der Waals surface area contributed by atoms with Crippen molar-refractivity contribution < 1.29 is 8.42 Å². The molecule has 2 heterocycles. The first-order valence-electron chi connectivity index (χ1n) is 6.17. The topological polar surface area (TPSA) is 103 Å². The third kappa shape index (κ3) is 3.35. The molecular weight excluding hydrogens is 358 g/mol. The molecule has 0 aromatic carbocycles. The van der Waals surface area contributed by atoms with Gasteiger partial charge < -0.3 is 11.1 Å². The van der Waals surface area contributed by atoms with Crippen molar-refractivity contribution in [1.29, 1.82) is 0 Å². The number of pyridine rings is 1. The molecule has 0 saturated heterocycles.